The van der Waals surface area contributed by atoms with Crippen LogP contribution in [-0.4, -0.2) is 56.0 Å². The van der Waals surface area contributed by atoms with Gasteiger partial charge in [0.05, 0.1) is 18.5 Å². The molecule has 1 N–H and O–H groups in total. The SMILES string of the molecule is CCOCCS(=O)(=O)N1CCC(C(C)O)C1. The Hall–Kier alpha value is -0.170. The Morgan fingerprint density at radius 3 is 2.75 bits per heavy atom. The van der Waals surface area contributed by atoms with Gasteiger partial charge in [-0.05, 0) is 26.2 Å². The summed E-state index contributed by atoms with van der Waals surface area (Å²) in [5, 5.41) is 9.40. The number of nitrogens with zero attached hydrogens (tertiary/aromatic N) is 1. The molecule has 1 aliphatic heterocycles. The van der Waals surface area contributed by atoms with Crippen LogP contribution in [0.25, 0.3) is 0 Å². The molecule has 2 unspecified atom stereocenters. The summed E-state index contributed by atoms with van der Waals surface area (Å²) in [6.45, 7) is 5.28. The van der Waals surface area contributed by atoms with Gasteiger partial charge in [0, 0.05) is 19.7 Å². The number of aliphatic hydroxyl groups excluding tert-OH is 1. The zero-order chi connectivity index (χ0) is 12.2. The third kappa shape index (κ3) is 3.69. The summed E-state index contributed by atoms with van der Waals surface area (Å²) in [7, 11) is -3.20. The second-order valence-corrected chi connectivity index (χ2v) is 6.25. The lowest BCUT2D eigenvalue weighted by atomic mass is 10.0. The summed E-state index contributed by atoms with van der Waals surface area (Å²) in [5.74, 6) is 0.106. The summed E-state index contributed by atoms with van der Waals surface area (Å²) in [6.07, 6.45) is 0.304. The molecule has 0 radical (unpaired) electrons. The van der Waals surface area contributed by atoms with Crippen molar-refractivity contribution in [2.45, 2.75) is 26.4 Å². The van der Waals surface area contributed by atoms with Crippen molar-refractivity contribution in [3.8, 4) is 0 Å². The van der Waals surface area contributed by atoms with Crippen LogP contribution in [-0.2, 0) is 14.8 Å². The van der Waals surface area contributed by atoms with Gasteiger partial charge in [0.15, 0.2) is 0 Å². The first-order valence-corrected chi connectivity index (χ1v) is 7.32. The molecule has 0 spiro atoms. The highest BCUT2D eigenvalue weighted by Gasteiger charge is 2.32. The van der Waals surface area contributed by atoms with Crippen LogP contribution in [0.15, 0.2) is 0 Å². The number of aliphatic hydroxyl groups is 1. The van der Waals surface area contributed by atoms with Crippen molar-refractivity contribution >= 4 is 10.0 Å². The molecule has 6 heteroatoms. The smallest absolute Gasteiger partial charge is 0.216 e. The van der Waals surface area contributed by atoms with E-state index in [1.165, 1.54) is 4.31 Å². The third-order valence-electron chi connectivity index (χ3n) is 2.95. The molecule has 0 aromatic carbocycles. The topological polar surface area (TPSA) is 66.8 Å². The van der Waals surface area contributed by atoms with Gasteiger partial charge in [-0.3, -0.25) is 0 Å². The number of hydrogen-bond donors (Lipinski definition) is 1. The van der Waals surface area contributed by atoms with Gasteiger partial charge >= 0.3 is 0 Å². The summed E-state index contributed by atoms with van der Waals surface area (Å²) in [5.41, 5.74) is 0. The van der Waals surface area contributed by atoms with Gasteiger partial charge in [-0.25, -0.2) is 12.7 Å². The molecule has 1 fully saturated rings. The second kappa shape index (κ2) is 5.95. The monoisotopic (exact) mass is 251 g/mol. The maximum absolute atomic E-state index is 11.8. The lowest BCUT2D eigenvalue weighted by Crippen LogP contribution is -2.33. The molecule has 0 saturated carbocycles. The van der Waals surface area contributed by atoms with Gasteiger partial charge in [-0.15, -0.1) is 0 Å². The van der Waals surface area contributed by atoms with E-state index in [9.17, 15) is 13.5 Å². The molecule has 0 aromatic rings. The Labute approximate surface area is 97.4 Å². The molecule has 1 aliphatic rings. The highest BCUT2D eigenvalue weighted by molar-refractivity contribution is 7.89. The van der Waals surface area contributed by atoms with E-state index in [-0.39, 0.29) is 18.3 Å². The third-order valence-corrected chi connectivity index (χ3v) is 4.75. The van der Waals surface area contributed by atoms with E-state index in [4.69, 9.17) is 4.74 Å². The van der Waals surface area contributed by atoms with Crippen molar-refractivity contribution in [2.24, 2.45) is 5.92 Å². The first kappa shape index (κ1) is 13.9. The van der Waals surface area contributed by atoms with E-state index in [2.05, 4.69) is 0 Å². The Kier molecular flexibility index (Phi) is 5.17. The molecule has 1 rings (SSSR count). The molecule has 0 aliphatic carbocycles. The number of hydrogen-bond acceptors (Lipinski definition) is 4. The van der Waals surface area contributed by atoms with Crippen molar-refractivity contribution in [3.63, 3.8) is 0 Å². The minimum absolute atomic E-state index is 0.0351. The van der Waals surface area contributed by atoms with Crippen LogP contribution in [0.4, 0.5) is 0 Å². The molecular weight excluding hydrogens is 230 g/mol. The molecule has 1 saturated heterocycles. The summed E-state index contributed by atoms with van der Waals surface area (Å²) in [6, 6.07) is 0. The zero-order valence-electron chi connectivity index (χ0n) is 9.92. The largest absolute Gasteiger partial charge is 0.393 e. The first-order valence-electron chi connectivity index (χ1n) is 5.71. The summed E-state index contributed by atoms with van der Waals surface area (Å²) < 4.78 is 30.2. The summed E-state index contributed by atoms with van der Waals surface area (Å²) in [4.78, 5) is 0. The van der Waals surface area contributed by atoms with Gasteiger partial charge in [0.25, 0.3) is 0 Å². The maximum atomic E-state index is 11.8. The molecule has 5 nitrogen and oxygen atoms in total. The number of ether oxygens (including phenoxy) is 1. The highest BCUT2D eigenvalue weighted by atomic mass is 32.2. The Balaban J connectivity index is 2.45. The number of sulfonamides is 1. The highest BCUT2D eigenvalue weighted by Crippen LogP contribution is 2.22. The average molecular weight is 251 g/mol. The molecule has 2 atom stereocenters. The molecule has 1 heterocycles. The van der Waals surface area contributed by atoms with Gasteiger partial charge in [0.2, 0.25) is 10.0 Å². The van der Waals surface area contributed by atoms with Crippen LogP contribution < -0.4 is 0 Å². The average Bonchev–Trinajstić information content (AvgIpc) is 2.67. The normalized spacial score (nSPS) is 24.8. The van der Waals surface area contributed by atoms with Crippen molar-refractivity contribution in [1.29, 1.82) is 0 Å². The van der Waals surface area contributed by atoms with Crippen molar-refractivity contribution in [3.05, 3.63) is 0 Å². The predicted octanol–water partition coefficient (Wildman–Crippen LogP) is 0.0554. The van der Waals surface area contributed by atoms with Crippen LogP contribution >= 0.6 is 0 Å². The van der Waals surface area contributed by atoms with Crippen molar-refractivity contribution in [2.75, 3.05) is 32.1 Å². The fraction of sp³-hybridized carbons (Fsp3) is 1.00. The van der Waals surface area contributed by atoms with E-state index in [0.29, 0.717) is 19.7 Å². The van der Waals surface area contributed by atoms with Gasteiger partial charge < -0.3 is 9.84 Å². The lowest BCUT2D eigenvalue weighted by Gasteiger charge is -2.17. The quantitative estimate of drug-likeness (QED) is 0.678. The zero-order valence-corrected chi connectivity index (χ0v) is 10.7. The van der Waals surface area contributed by atoms with Gasteiger partial charge in [0.1, 0.15) is 0 Å². The van der Waals surface area contributed by atoms with Crippen molar-refractivity contribution in [1.82, 2.24) is 4.31 Å². The van der Waals surface area contributed by atoms with E-state index < -0.39 is 16.1 Å². The first-order chi connectivity index (χ1) is 7.47. The van der Waals surface area contributed by atoms with E-state index >= 15 is 0 Å². The van der Waals surface area contributed by atoms with E-state index in [1.54, 1.807) is 6.92 Å². The Morgan fingerprint density at radius 2 is 2.25 bits per heavy atom. The van der Waals surface area contributed by atoms with Crippen LogP contribution in [0.2, 0.25) is 0 Å². The Morgan fingerprint density at radius 1 is 1.56 bits per heavy atom. The minimum Gasteiger partial charge on any atom is -0.393 e. The molecule has 16 heavy (non-hydrogen) atoms. The molecule has 0 aromatic heterocycles. The number of rotatable bonds is 6. The standard InChI is InChI=1S/C10H21NO4S/c1-3-15-6-7-16(13,14)11-5-4-10(8-11)9(2)12/h9-10,12H,3-8H2,1-2H3. The minimum atomic E-state index is -3.20. The fourth-order valence-corrected chi connectivity index (χ4v) is 3.23. The second-order valence-electron chi connectivity index (χ2n) is 4.16. The molecule has 0 amide bonds. The molecule has 96 valence electrons. The summed E-state index contributed by atoms with van der Waals surface area (Å²) >= 11 is 0. The lowest BCUT2D eigenvalue weighted by molar-refractivity contribution is 0.132. The van der Waals surface area contributed by atoms with Crippen LogP contribution in [0.5, 0.6) is 0 Å². The van der Waals surface area contributed by atoms with E-state index in [1.807, 2.05) is 6.92 Å². The Bertz CT molecular complexity index is 302. The van der Waals surface area contributed by atoms with E-state index in [0.717, 1.165) is 6.42 Å². The van der Waals surface area contributed by atoms with Gasteiger partial charge in [-0.1, -0.05) is 0 Å². The molecule has 0 bridgehead atoms. The molecular formula is C10H21NO4S. The maximum Gasteiger partial charge on any atom is 0.216 e. The van der Waals surface area contributed by atoms with Gasteiger partial charge in [-0.2, -0.15) is 0 Å². The predicted molar refractivity (Wildman–Crippen MR) is 61.6 cm³/mol. The van der Waals surface area contributed by atoms with Crippen LogP contribution in [0, 0.1) is 5.92 Å². The van der Waals surface area contributed by atoms with Crippen molar-refractivity contribution < 1.29 is 18.3 Å². The van der Waals surface area contributed by atoms with Crippen LogP contribution in [0.1, 0.15) is 20.3 Å². The van der Waals surface area contributed by atoms with Crippen LogP contribution in [0.3, 0.4) is 0 Å². The fourth-order valence-electron chi connectivity index (χ4n) is 1.84.